The van der Waals surface area contributed by atoms with Crippen molar-refractivity contribution in [2.75, 3.05) is 5.32 Å². The zero-order valence-corrected chi connectivity index (χ0v) is 23.0. The van der Waals surface area contributed by atoms with Gasteiger partial charge in [-0.05, 0) is 40.9 Å². The largest absolute Gasteiger partial charge is 0.370 e. The zero-order valence-electron chi connectivity index (χ0n) is 21.5. The molecule has 204 valence electrons. The highest BCUT2D eigenvalue weighted by Gasteiger charge is 2.67. The van der Waals surface area contributed by atoms with Crippen LogP contribution in [-0.4, -0.2) is 69.3 Å². The SMILES string of the molecule is CC(=O)c1nn(CC(=O)N2[C@H]3C[C@]4(C[C@@H]24)Cn2cc(nn2)COCc2ccc(Br)nc2NC3=O)c2cnccc12. The van der Waals surface area contributed by atoms with E-state index in [4.69, 9.17) is 4.74 Å². The van der Waals surface area contributed by atoms with Crippen LogP contribution in [0.5, 0.6) is 0 Å². The maximum Gasteiger partial charge on any atom is 0.248 e. The Morgan fingerprint density at radius 3 is 2.95 bits per heavy atom. The maximum atomic E-state index is 13.9. The van der Waals surface area contributed by atoms with Gasteiger partial charge in [0.2, 0.25) is 11.8 Å². The lowest BCUT2D eigenvalue weighted by molar-refractivity contribution is -0.138. The standard InChI is InChI=1S/C26H24BrN9O4/c1-14(37)23-17-4-5-28-8-19(17)35(32-23)10-22(38)36-18-6-26(7-20(26)36)13-34-9-16(31-33-34)12-40-11-15-2-3-21(27)29-24(15)30-25(18)39/h2-5,8-9,18,20H,6-7,10-13H2,1H3,(H,29,30,39)/t18-,20+,26-/m0/s1. The number of ether oxygens (including phenoxy) is 1. The number of fused-ring (bicyclic) bond motifs is 5. The fraction of sp³-hybridized carbons (Fsp3) is 0.385. The van der Waals surface area contributed by atoms with Crippen LogP contribution in [0, 0.1) is 5.41 Å². The third-order valence-corrected chi connectivity index (χ3v) is 8.38. The molecule has 0 aromatic carbocycles. The van der Waals surface area contributed by atoms with Gasteiger partial charge in [-0.1, -0.05) is 11.3 Å². The number of carbonyl (C=O) groups excluding carboxylic acids is 3. The second-order valence-corrected chi connectivity index (χ2v) is 11.4. The third kappa shape index (κ3) is 4.18. The Balaban J connectivity index is 1.24. The van der Waals surface area contributed by atoms with Gasteiger partial charge >= 0.3 is 0 Å². The summed E-state index contributed by atoms with van der Waals surface area (Å²) in [5.74, 6) is -0.410. The molecule has 1 saturated carbocycles. The number of nitrogens with zero attached hydrogens (tertiary/aromatic N) is 8. The van der Waals surface area contributed by atoms with E-state index in [2.05, 4.69) is 46.6 Å². The van der Waals surface area contributed by atoms with Gasteiger partial charge in [0.1, 0.15) is 34.4 Å². The molecule has 2 fully saturated rings. The smallest absolute Gasteiger partial charge is 0.248 e. The van der Waals surface area contributed by atoms with Crippen molar-refractivity contribution in [2.45, 2.75) is 58.2 Å². The number of halogens is 1. The van der Waals surface area contributed by atoms with Crippen LogP contribution in [0.3, 0.4) is 0 Å². The van der Waals surface area contributed by atoms with Crippen LogP contribution in [0.25, 0.3) is 10.9 Å². The van der Waals surface area contributed by atoms with Crippen molar-refractivity contribution in [1.29, 1.82) is 0 Å². The second-order valence-electron chi connectivity index (χ2n) is 10.6. The van der Waals surface area contributed by atoms with E-state index in [9.17, 15) is 14.4 Å². The number of amides is 2. The van der Waals surface area contributed by atoms with Crippen LogP contribution in [-0.2, 0) is 40.6 Å². The Labute approximate surface area is 236 Å². The molecule has 1 N–H and O–H groups in total. The van der Waals surface area contributed by atoms with Crippen molar-refractivity contribution < 1.29 is 19.1 Å². The van der Waals surface area contributed by atoms with Crippen LogP contribution < -0.4 is 5.32 Å². The number of pyridine rings is 2. The fourth-order valence-corrected chi connectivity index (χ4v) is 6.32. The molecular weight excluding hydrogens is 582 g/mol. The Hall–Kier alpha value is -4.04. The Morgan fingerprint density at radius 2 is 2.10 bits per heavy atom. The van der Waals surface area contributed by atoms with E-state index < -0.39 is 6.04 Å². The lowest BCUT2D eigenvalue weighted by Crippen LogP contribution is -2.47. The highest BCUT2D eigenvalue weighted by molar-refractivity contribution is 9.10. The van der Waals surface area contributed by atoms with E-state index in [1.165, 1.54) is 11.6 Å². The van der Waals surface area contributed by atoms with Crippen LogP contribution in [0.1, 0.15) is 41.5 Å². The van der Waals surface area contributed by atoms with E-state index in [0.29, 0.717) is 45.5 Å². The van der Waals surface area contributed by atoms with Gasteiger partial charge in [-0.25, -0.2) is 4.98 Å². The van der Waals surface area contributed by atoms with Gasteiger partial charge in [-0.15, -0.1) is 5.10 Å². The lowest BCUT2D eigenvalue weighted by atomic mass is 9.99. The summed E-state index contributed by atoms with van der Waals surface area (Å²) in [6, 6.07) is 4.45. The molecule has 0 radical (unpaired) electrons. The minimum Gasteiger partial charge on any atom is -0.370 e. The summed E-state index contributed by atoms with van der Waals surface area (Å²) in [5.41, 5.74) is 1.96. The Bertz CT molecular complexity index is 1700. The lowest BCUT2D eigenvalue weighted by Gasteiger charge is -2.27. The van der Waals surface area contributed by atoms with Crippen LogP contribution in [0.4, 0.5) is 5.82 Å². The highest BCUT2D eigenvalue weighted by Crippen LogP contribution is 2.60. The number of aromatic nitrogens is 7. The number of piperidine rings is 1. The van der Waals surface area contributed by atoms with Crippen LogP contribution in [0.15, 0.2) is 41.4 Å². The Kier molecular flexibility index (Phi) is 5.78. The predicted octanol–water partition coefficient (Wildman–Crippen LogP) is 2.11. The number of Topliss-reactive ketones (excluding diaryl/α,β-unsaturated/α-hetero) is 1. The quantitative estimate of drug-likeness (QED) is 0.273. The molecule has 4 aromatic heterocycles. The van der Waals surface area contributed by atoms with Crippen molar-refractivity contribution in [1.82, 2.24) is 39.6 Å². The summed E-state index contributed by atoms with van der Waals surface area (Å²) in [4.78, 5) is 50.2. The molecule has 6 heterocycles. The third-order valence-electron chi connectivity index (χ3n) is 7.94. The second kappa shape index (κ2) is 9.27. The summed E-state index contributed by atoms with van der Waals surface area (Å²) in [6.45, 7) is 2.31. The highest BCUT2D eigenvalue weighted by atomic mass is 79.9. The van der Waals surface area contributed by atoms with Gasteiger partial charge in [0.05, 0.1) is 37.7 Å². The average molecular weight is 606 g/mol. The summed E-state index contributed by atoms with van der Waals surface area (Å²) < 4.78 is 9.67. The Morgan fingerprint density at radius 1 is 1.23 bits per heavy atom. The first-order chi connectivity index (χ1) is 19.3. The molecule has 0 unspecified atom stereocenters. The van der Waals surface area contributed by atoms with E-state index in [1.807, 2.05) is 12.3 Å². The van der Waals surface area contributed by atoms with Crippen LogP contribution >= 0.6 is 15.9 Å². The summed E-state index contributed by atoms with van der Waals surface area (Å²) in [5, 5.41) is 16.5. The molecule has 13 nitrogen and oxygen atoms in total. The summed E-state index contributed by atoms with van der Waals surface area (Å²) in [6.07, 6.45) is 6.25. The minimum atomic E-state index is -0.723. The molecule has 1 spiro atoms. The number of hydrogen-bond donors (Lipinski definition) is 1. The van der Waals surface area contributed by atoms with E-state index in [1.54, 1.807) is 34.1 Å². The van der Waals surface area contributed by atoms with Gasteiger partial charge in [-0.3, -0.25) is 28.7 Å². The molecule has 7 rings (SSSR count). The molecule has 4 aromatic rings. The number of hydrogen-bond acceptors (Lipinski definition) is 9. The maximum absolute atomic E-state index is 13.9. The molecular formula is C26H24BrN9O4. The van der Waals surface area contributed by atoms with Crippen molar-refractivity contribution in [2.24, 2.45) is 5.41 Å². The van der Waals surface area contributed by atoms with E-state index >= 15 is 0 Å². The monoisotopic (exact) mass is 605 g/mol. The molecule has 4 bridgehead atoms. The molecule has 3 aliphatic rings. The number of rotatable bonds is 3. The number of anilines is 1. The molecule has 3 atom stereocenters. The van der Waals surface area contributed by atoms with Gasteiger partial charge in [-0.2, -0.15) is 5.10 Å². The molecule has 2 aliphatic heterocycles. The predicted molar refractivity (Wildman–Crippen MR) is 143 cm³/mol. The number of carbonyl (C=O) groups is 3. The van der Waals surface area contributed by atoms with Crippen molar-refractivity contribution >= 4 is 50.2 Å². The number of likely N-dealkylation sites (tertiary alicyclic amines) is 1. The molecule has 1 aliphatic carbocycles. The number of nitrogens with one attached hydrogen (secondary N) is 1. The van der Waals surface area contributed by atoms with Crippen molar-refractivity contribution in [3.63, 3.8) is 0 Å². The summed E-state index contributed by atoms with van der Waals surface area (Å²) >= 11 is 3.38. The normalized spacial score (nSPS) is 23.8. The molecule has 14 heteroatoms. The van der Waals surface area contributed by atoms with Gasteiger partial charge in [0.25, 0.3) is 0 Å². The van der Waals surface area contributed by atoms with Gasteiger partial charge < -0.3 is 15.0 Å². The molecule has 40 heavy (non-hydrogen) atoms. The van der Waals surface area contributed by atoms with Crippen molar-refractivity contribution in [3.05, 3.63) is 58.3 Å². The summed E-state index contributed by atoms with van der Waals surface area (Å²) in [7, 11) is 0. The topological polar surface area (TPSA) is 150 Å². The fourth-order valence-electron chi connectivity index (χ4n) is 6.01. The zero-order chi connectivity index (χ0) is 27.6. The molecule has 2 amide bonds. The van der Waals surface area contributed by atoms with Crippen LogP contribution in [0.2, 0.25) is 0 Å². The van der Waals surface area contributed by atoms with E-state index in [0.717, 1.165) is 6.42 Å². The van der Waals surface area contributed by atoms with E-state index in [-0.39, 0.29) is 54.5 Å². The number of ketones is 1. The van der Waals surface area contributed by atoms with Crippen molar-refractivity contribution in [3.8, 4) is 0 Å². The first-order valence-corrected chi connectivity index (χ1v) is 13.7. The van der Waals surface area contributed by atoms with Gasteiger partial charge in [0, 0.05) is 35.5 Å². The first kappa shape index (κ1) is 25.0. The minimum absolute atomic E-state index is 0.131. The average Bonchev–Trinajstić information content (AvgIpc) is 3.22. The first-order valence-electron chi connectivity index (χ1n) is 12.9. The van der Waals surface area contributed by atoms with Gasteiger partial charge in [0.15, 0.2) is 5.78 Å². The molecule has 1 saturated heterocycles.